The lowest BCUT2D eigenvalue weighted by Crippen LogP contribution is -2.42. The van der Waals surface area contributed by atoms with E-state index in [-0.39, 0.29) is 37.3 Å². The molecule has 2 aliphatic rings. The van der Waals surface area contributed by atoms with Crippen molar-refractivity contribution in [1.82, 2.24) is 19.9 Å². The fourth-order valence-corrected chi connectivity index (χ4v) is 9.89. The van der Waals surface area contributed by atoms with Crippen LogP contribution in [0.5, 0.6) is 23.0 Å². The summed E-state index contributed by atoms with van der Waals surface area (Å²) in [7, 11) is 6.20. The summed E-state index contributed by atoms with van der Waals surface area (Å²) < 4.78 is 21.5. The number of nitrogens with two attached hydrogens (primary N) is 1. The Morgan fingerprint density at radius 2 is 1.04 bits per heavy atom. The molecule has 2 saturated carbocycles. The number of halogens is 5. The lowest BCUT2D eigenvalue weighted by atomic mass is 9.81. The summed E-state index contributed by atoms with van der Waals surface area (Å²) in [5.74, 6) is 3.43. The number of anilines is 2. The van der Waals surface area contributed by atoms with Gasteiger partial charge in [-0.25, -0.2) is 19.9 Å². The van der Waals surface area contributed by atoms with Crippen molar-refractivity contribution in [1.29, 1.82) is 0 Å². The number of ether oxygens (including phenoxy) is 4. The van der Waals surface area contributed by atoms with Crippen LogP contribution in [0.15, 0.2) is 86.2 Å². The molecule has 8 rings (SSSR count). The number of ketones is 1. The van der Waals surface area contributed by atoms with Crippen molar-refractivity contribution in [2.24, 2.45) is 11.7 Å². The molecular formula is C52H58Cl5N7O6. The highest BCUT2D eigenvalue weighted by molar-refractivity contribution is 6.66. The molecule has 0 bridgehead atoms. The summed E-state index contributed by atoms with van der Waals surface area (Å²) >= 11 is 31.0. The standard InChI is InChI=1S/C26H27Cl2N3O3.C22H24Cl2N4O2.C3H3ClO.CH4/c1-4-18(32)12-15-7-5-6-8-19(15)30-26-29-14-17-11-16(9-10-20(17)31-26)23-24(27)21(33-2)13-22(34-3)25(23)28;1-29-17-10-18(30-2)21(24)19(20(17)23)12-7-8-15-13(9-12)11-26-22(27-15)28-16-6-4-3-5-14(16)25;1-2-3(4)5;/h4,9-11,13-15,19H,1,5-8,12H2,2-3H3,(H,29,30,31);7-11,14,16H,3-6,25H2,1-2H3,(H,26,27,28);2H,1H2;1H4/t15-,19+;14-,16?;;/m10../s1. The maximum Gasteiger partial charge on any atom is 0.244 e. The van der Waals surface area contributed by atoms with E-state index in [0.717, 1.165) is 77.5 Å². The number of rotatable bonds is 14. The first-order valence-corrected chi connectivity index (χ1v) is 24.1. The zero-order chi connectivity index (χ0) is 49.8. The number of methoxy groups -OCH3 is 4. The van der Waals surface area contributed by atoms with Crippen molar-refractivity contribution in [3.8, 4) is 45.3 Å². The number of benzene rings is 4. The first-order chi connectivity index (χ1) is 33.2. The third-order valence-electron chi connectivity index (χ3n) is 12.1. The number of hydrogen-bond acceptors (Lipinski definition) is 13. The molecule has 70 heavy (non-hydrogen) atoms. The highest BCUT2D eigenvalue weighted by atomic mass is 35.5. The quantitative estimate of drug-likeness (QED) is 0.0695. The maximum absolute atomic E-state index is 11.9. The number of hydrogen-bond donors (Lipinski definition) is 3. The number of carbonyl (C=O) groups is 2. The van der Waals surface area contributed by atoms with Crippen molar-refractivity contribution in [3.63, 3.8) is 0 Å². The minimum Gasteiger partial charge on any atom is -0.495 e. The Morgan fingerprint density at radius 1 is 0.643 bits per heavy atom. The highest BCUT2D eigenvalue weighted by Crippen LogP contribution is 2.48. The monoisotopic (exact) mass is 1050 g/mol. The Hall–Kier alpha value is -5.41. The largest absolute Gasteiger partial charge is 0.495 e. The first kappa shape index (κ1) is 55.5. The Kier molecular flexibility index (Phi) is 20.7. The van der Waals surface area contributed by atoms with Gasteiger partial charge in [0.05, 0.1) is 59.6 Å². The molecule has 6 aromatic rings. The first-order valence-electron chi connectivity index (χ1n) is 22.2. The van der Waals surface area contributed by atoms with Crippen LogP contribution < -0.4 is 35.3 Å². The van der Waals surface area contributed by atoms with E-state index >= 15 is 0 Å². The molecule has 2 aromatic heterocycles. The summed E-state index contributed by atoms with van der Waals surface area (Å²) in [5, 5.41) is 9.73. The fourth-order valence-electron chi connectivity index (χ4n) is 8.45. The summed E-state index contributed by atoms with van der Waals surface area (Å²) in [6.45, 7) is 6.68. The normalized spacial score (nSPS) is 17.3. The molecule has 18 heteroatoms. The number of aromatic nitrogens is 4. The molecule has 4 N–H and O–H groups in total. The molecule has 0 aliphatic heterocycles. The smallest absolute Gasteiger partial charge is 0.244 e. The maximum atomic E-state index is 11.9. The van der Waals surface area contributed by atoms with E-state index in [4.69, 9.17) is 87.7 Å². The molecule has 4 atom stereocenters. The van der Waals surface area contributed by atoms with Gasteiger partial charge in [0.2, 0.25) is 17.1 Å². The third kappa shape index (κ3) is 13.5. The summed E-state index contributed by atoms with van der Waals surface area (Å²) in [6.07, 6.45) is 15.2. The van der Waals surface area contributed by atoms with E-state index in [9.17, 15) is 9.59 Å². The summed E-state index contributed by atoms with van der Waals surface area (Å²) in [6, 6.07) is 15.4. The predicted octanol–water partition coefficient (Wildman–Crippen LogP) is 13.6. The van der Waals surface area contributed by atoms with Crippen LogP contribution >= 0.6 is 58.0 Å². The van der Waals surface area contributed by atoms with E-state index in [1.807, 2.05) is 36.4 Å². The van der Waals surface area contributed by atoms with E-state index in [1.54, 1.807) is 53.0 Å². The second kappa shape index (κ2) is 26.2. The molecule has 1 unspecified atom stereocenters. The van der Waals surface area contributed by atoms with Gasteiger partial charge in [0.25, 0.3) is 0 Å². The van der Waals surface area contributed by atoms with Crippen molar-refractivity contribution in [2.45, 2.75) is 83.3 Å². The van der Waals surface area contributed by atoms with Crippen LogP contribution in [0.25, 0.3) is 44.1 Å². The highest BCUT2D eigenvalue weighted by Gasteiger charge is 2.28. The zero-order valence-corrected chi connectivity index (χ0v) is 42.5. The lowest BCUT2D eigenvalue weighted by Gasteiger charge is -2.31. The van der Waals surface area contributed by atoms with Gasteiger partial charge in [-0.15, -0.1) is 0 Å². The molecule has 0 radical (unpaired) electrons. The Labute approximate surface area is 434 Å². The van der Waals surface area contributed by atoms with Crippen LogP contribution in [0.2, 0.25) is 20.1 Å². The molecule has 2 aliphatic carbocycles. The fraction of sp³-hybridized carbons (Fsp3) is 0.346. The van der Waals surface area contributed by atoms with Gasteiger partial charge in [-0.3, -0.25) is 9.59 Å². The molecule has 0 spiro atoms. The third-order valence-corrected chi connectivity index (χ3v) is 13.7. The van der Waals surface area contributed by atoms with Crippen LogP contribution in [0.3, 0.4) is 0 Å². The van der Waals surface area contributed by atoms with Crippen LogP contribution in [0, 0.1) is 5.92 Å². The van der Waals surface area contributed by atoms with Crippen LogP contribution in [-0.4, -0.2) is 77.5 Å². The summed E-state index contributed by atoms with van der Waals surface area (Å²) in [5.41, 5.74) is 10.8. The summed E-state index contributed by atoms with van der Waals surface area (Å²) in [4.78, 5) is 39.8. The number of allylic oxidation sites excluding steroid dienone is 2. The van der Waals surface area contributed by atoms with Gasteiger partial charge in [-0.1, -0.05) is 105 Å². The van der Waals surface area contributed by atoms with Gasteiger partial charge in [-0.05, 0) is 90.7 Å². The molecule has 13 nitrogen and oxygen atoms in total. The number of fused-ring (bicyclic) bond motifs is 2. The number of nitrogens with zero attached hydrogens (tertiary/aromatic N) is 4. The number of carbonyl (C=O) groups excluding carboxylic acids is 2. The van der Waals surface area contributed by atoms with Gasteiger partial charge in [0, 0.05) is 71.0 Å². The topological polar surface area (TPSA) is 173 Å². The van der Waals surface area contributed by atoms with Crippen molar-refractivity contribution in [2.75, 3.05) is 39.1 Å². The van der Waals surface area contributed by atoms with Crippen molar-refractivity contribution >= 4 is 103 Å². The van der Waals surface area contributed by atoms with Crippen LogP contribution in [-0.2, 0) is 9.59 Å². The van der Waals surface area contributed by atoms with Crippen LogP contribution in [0.4, 0.5) is 11.9 Å². The van der Waals surface area contributed by atoms with Crippen LogP contribution in [0.1, 0.15) is 65.2 Å². The van der Waals surface area contributed by atoms with E-state index in [2.05, 4.69) is 38.7 Å². The average molecular weight is 1050 g/mol. The SMILES string of the molecule is C.C=CC(=O)C[C@H]1CCCC[C@@H]1Nc1ncc2cc(-c3c(Cl)c(OC)cc(OC)c3Cl)ccc2n1.C=CC(=O)Cl.COc1cc(OC)c(Cl)c(-c2ccc3nc(NC4CCCC[C@@H]4N)ncc3c2)c1Cl. The molecule has 0 amide bonds. The van der Waals surface area contributed by atoms with Gasteiger partial charge in [0.1, 0.15) is 23.0 Å². The molecule has 4 aromatic carbocycles. The lowest BCUT2D eigenvalue weighted by molar-refractivity contribution is -0.115. The predicted molar refractivity (Wildman–Crippen MR) is 287 cm³/mol. The molecule has 372 valence electrons. The Morgan fingerprint density at radius 3 is 1.44 bits per heavy atom. The van der Waals surface area contributed by atoms with Gasteiger partial charge >= 0.3 is 0 Å². The molecule has 2 heterocycles. The molecule has 2 fully saturated rings. The van der Waals surface area contributed by atoms with Crippen molar-refractivity contribution < 1.29 is 28.5 Å². The van der Waals surface area contributed by atoms with E-state index in [0.29, 0.717) is 72.5 Å². The molecular weight excluding hydrogens is 996 g/mol. The second-order valence-electron chi connectivity index (χ2n) is 16.4. The van der Waals surface area contributed by atoms with Gasteiger partial charge in [0.15, 0.2) is 5.78 Å². The Balaban J connectivity index is 0.000000236. The average Bonchev–Trinajstić information content (AvgIpc) is 3.36. The zero-order valence-electron chi connectivity index (χ0n) is 38.7. The minimum atomic E-state index is -0.509. The number of nitrogens with one attached hydrogen (secondary N) is 2. The van der Waals surface area contributed by atoms with E-state index < -0.39 is 5.24 Å². The van der Waals surface area contributed by atoms with Gasteiger partial charge < -0.3 is 35.3 Å². The minimum absolute atomic E-state index is 0. The second-order valence-corrected chi connectivity index (χ2v) is 18.3. The Bertz CT molecular complexity index is 2780. The van der Waals surface area contributed by atoms with E-state index in [1.165, 1.54) is 18.9 Å². The van der Waals surface area contributed by atoms with Gasteiger partial charge in [-0.2, -0.15) is 0 Å². The van der Waals surface area contributed by atoms with Crippen molar-refractivity contribution in [3.05, 3.63) is 106 Å². The molecule has 0 saturated heterocycles.